The quantitative estimate of drug-likeness (QED) is 0.811. The average Bonchev–Trinajstić information content (AvgIpc) is 2.35. The summed E-state index contributed by atoms with van der Waals surface area (Å²) in [5.41, 5.74) is 5.54. The maximum Gasteiger partial charge on any atom is 0.242 e. The van der Waals surface area contributed by atoms with E-state index in [2.05, 4.69) is 0 Å². The molecule has 0 saturated carbocycles. The van der Waals surface area contributed by atoms with Gasteiger partial charge < -0.3 is 10.5 Å². The topological polar surface area (TPSA) is 72.6 Å². The van der Waals surface area contributed by atoms with Gasteiger partial charge in [-0.05, 0) is 18.6 Å². The number of hydrogen-bond acceptors (Lipinski definition) is 4. The van der Waals surface area contributed by atoms with E-state index in [4.69, 9.17) is 10.5 Å². The Balaban J connectivity index is 3.15. The summed E-state index contributed by atoms with van der Waals surface area (Å²) in [5.74, 6) is -0.930. The number of nitrogen functional groups attached to an aromatic ring is 1. The molecule has 7 heteroatoms. The Labute approximate surface area is 113 Å². The van der Waals surface area contributed by atoms with Crippen LogP contribution in [0.15, 0.2) is 17.0 Å². The fourth-order valence-electron chi connectivity index (χ4n) is 1.63. The lowest BCUT2D eigenvalue weighted by atomic mass is 10.3. The molecule has 0 unspecified atom stereocenters. The number of anilines is 1. The predicted molar refractivity (Wildman–Crippen MR) is 72.1 cm³/mol. The molecular formula is C12H19FN2O3S. The van der Waals surface area contributed by atoms with Crippen molar-refractivity contribution < 1.29 is 17.5 Å². The maximum atomic E-state index is 13.7. The number of nitrogens with zero attached hydrogens (tertiary/aromatic N) is 1. The van der Waals surface area contributed by atoms with E-state index in [9.17, 15) is 12.8 Å². The van der Waals surface area contributed by atoms with Gasteiger partial charge in [0.2, 0.25) is 10.0 Å². The summed E-state index contributed by atoms with van der Waals surface area (Å²) in [5, 5.41) is 0. The minimum absolute atomic E-state index is 0.0371. The third kappa shape index (κ3) is 3.36. The van der Waals surface area contributed by atoms with Gasteiger partial charge in [-0.2, -0.15) is 0 Å². The molecule has 0 bridgehead atoms. The number of nitrogens with two attached hydrogens (primary N) is 1. The molecule has 1 aromatic rings. The van der Waals surface area contributed by atoms with Gasteiger partial charge in [0.15, 0.2) is 11.6 Å². The number of benzene rings is 1. The molecule has 108 valence electrons. The molecule has 5 nitrogen and oxygen atoms in total. The highest BCUT2D eigenvalue weighted by atomic mass is 32.2. The van der Waals surface area contributed by atoms with Crippen LogP contribution in [0.4, 0.5) is 10.1 Å². The van der Waals surface area contributed by atoms with Crippen molar-refractivity contribution in [3.8, 4) is 5.75 Å². The normalized spacial score (nSPS) is 11.8. The Kier molecular flexibility index (Phi) is 5.13. The van der Waals surface area contributed by atoms with Gasteiger partial charge in [0, 0.05) is 13.6 Å². The number of ether oxygens (including phenoxy) is 1. The summed E-state index contributed by atoms with van der Waals surface area (Å²) < 4.78 is 44.0. The van der Waals surface area contributed by atoms with E-state index in [0.29, 0.717) is 6.54 Å². The zero-order valence-corrected chi connectivity index (χ0v) is 12.1. The average molecular weight is 290 g/mol. The van der Waals surface area contributed by atoms with E-state index in [1.54, 1.807) is 0 Å². The van der Waals surface area contributed by atoms with E-state index in [0.717, 1.165) is 18.9 Å². The summed E-state index contributed by atoms with van der Waals surface area (Å²) in [6, 6.07) is 2.13. The number of rotatable bonds is 6. The van der Waals surface area contributed by atoms with Crippen molar-refractivity contribution in [2.24, 2.45) is 0 Å². The van der Waals surface area contributed by atoms with Crippen LogP contribution in [0.1, 0.15) is 19.8 Å². The molecule has 0 spiro atoms. The zero-order valence-electron chi connectivity index (χ0n) is 11.3. The lowest BCUT2D eigenvalue weighted by molar-refractivity contribution is 0.387. The maximum absolute atomic E-state index is 13.7. The molecule has 0 atom stereocenters. The Morgan fingerprint density at radius 1 is 1.42 bits per heavy atom. The van der Waals surface area contributed by atoms with Gasteiger partial charge in [0.05, 0.1) is 17.7 Å². The van der Waals surface area contributed by atoms with Crippen LogP contribution >= 0.6 is 0 Å². The van der Waals surface area contributed by atoms with Gasteiger partial charge in [-0.1, -0.05) is 13.3 Å². The number of sulfonamides is 1. The number of unbranched alkanes of at least 4 members (excludes halogenated alkanes) is 1. The molecule has 2 N–H and O–H groups in total. The van der Waals surface area contributed by atoms with Crippen LogP contribution < -0.4 is 10.5 Å². The predicted octanol–water partition coefficient (Wildman–Crippen LogP) is 1.84. The number of halogens is 1. The highest BCUT2D eigenvalue weighted by Gasteiger charge is 2.23. The number of hydrogen-bond donors (Lipinski definition) is 1. The second-order valence-electron chi connectivity index (χ2n) is 4.21. The van der Waals surface area contributed by atoms with Crippen LogP contribution in [0.5, 0.6) is 5.75 Å². The van der Waals surface area contributed by atoms with Crippen molar-refractivity contribution in [1.82, 2.24) is 4.31 Å². The molecule has 0 fully saturated rings. The van der Waals surface area contributed by atoms with E-state index in [1.165, 1.54) is 24.5 Å². The third-order valence-corrected chi connectivity index (χ3v) is 4.62. The van der Waals surface area contributed by atoms with Crippen LogP contribution in [0.3, 0.4) is 0 Å². The summed E-state index contributed by atoms with van der Waals surface area (Å²) in [6.07, 6.45) is 1.61. The molecule has 0 aliphatic carbocycles. The fraction of sp³-hybridized carbons (Fsp3) is 0.500. The first-order valence-corrected chi connectivity index (χ1v) is 7.38. The molecule has 0 radical (unpaired) electrons. The molecule has 0 amide bonds. The van der Waals surface area contributed by atoms with Gasteiger partial charge in [0.25, 0.3) is 0 Å². The Morgan fingerprint density at radius 3 is 2.53 bits per heavy atom. The van der Waals surface area contributed by atoms with Crippen molar-refractivity contribution >= 4 is 15.7 Å². The monoisotopic (exact) mass is 290 g/mol. The highest BCUT2D eigenvalue weighted by Crippen LogP contribution is 2.29. The first-order valence-electron chi connectivity index (χ1n) is 5.94. The SMILES string of the molecule is CCCCN(C)S(=O)(=O)c1cc(N)c(OC)c(F)c1. The zero-order chi connectivity index (χ0) is 14.6. The molecule has 0 heterocycles. The molecular weight excluding hydrogens is 271 g/mol. The molecule has 1 rings (SSSR count). The van der Waals surface area contributed by atoms with Crippen molar-refractivity contribution in [3.63, 3.8) is 0 Å². The van der Waals surface area contributed by atoms with Crippen LogP contribution in [0.2, 0.25) is 0 Å². The molecule has 0 saturated heterocycles. The smallest absolute Gasteiger partial charge is 0.242 e. The third-order valence-electron chi connectivity index (χ3n) is 2.78. The lowest BCUT2D eigenvalue weighted by Crippen LogP contribution is -2.28. The van der Waals surface area contributed by atoms with Crippen molar-refractivity contribution in [2.45, 2.75) is 24.7 Å². The van der Waals surface area contributed by atoms with E-state index in [-0.39, 0.29) is 16.3 Å². The first kappa shape index (κ1) is 15.7. The highest BCUT2D eigenvalue weighted by molar-refractivity contribution is 7.89. The van der Waals surface area contributed by atoms with Crippen LogP contribution in [0.25, 0.3) is 0 Å². The summed E-state index contributed by atoms with van der Waals surface area (Å²) in [4.78, 5) is -0.165. The van der Waals surface area contributed by atoms with Gasteiger partial charge in [-0.3, -0.25) is 0 Å². The first-order chi connectivity index (χ1) is 8.84. The van der Waals surface area contributed by atoms with E-state index < -0.39 is 15.8 Å². The Bertz CT molecular complexity index is 523. The van der Waals surface area contributed by atoms with Crippen LogP contribution in [-0.2, 0) is 10.0 Å². The van der Waals surface area contributed by atoms with E-state index >= 15 is 0 Å². The Morgan fingerprint density at radius 2 is 2.05 bits per heavy atom. The van der Waals surface area contributed by atoms with Crippen LogP contribution in [-0.4, -0.2) is 33.4 Å². The fourth-order valence-corrected chi connectivity index (χ4v) is 2.89. The number of methoxy groups -OCH3 is 1. The van der Waals surface area contributed by atoms with Gasteiger partial charge in [-0.25, -0.2) is 17.1 Å². The minimum atomic E-state index is -3.72. The minimum Gasteiger partial charge on any atom is -0.492 e. The summed E-state index contributed by atoms with van der Waals surface area (Å²) in [7, 11) is -0.988. The van der Waals surface area contributed by atoms with E-state index in [1.807, 2.05) is 6.92 Å². The molecule has 0 aromatic heterocycles. The van der Waals surface area contributed by atoms with Gasteiger partial charge >= 0.3 is 0 Å². The molecule has 0 aliphatic rings. The lowest BCUT2D eigenvalue weighted by Gasteiger charge is -2.17. The van der Waals surface area contributed by atoms with Gasteiger partial charge in [0.1, 0.15) is 0 Å². The van der Waals surface area contributed by atoms with Crippen molar-refractivity contribution in [2.75, 3.05) is 26.4 Å². The molecule has 0 aliphatic heterocycles. The standard InChI is InChI=1S/C12H19FN2O3S/c1-4-5-6-15(2)19(16,17)9-7-10(13)12(18-3)11(14)8-9/h7-8H,4-6,14H2,1-3H3. The largest absolute Gasteiger partial charge is 0.492 e. The molecule has 1 aromatic carbocycles. The second-order valence-corrected chi connectivity index (χ2v) is 6.25. The van der Waals surface area contributed by atoms with Crippen molar-refractivity contribution in [3.05, 3.63) is 17.9 Å². The summed E-state index contributed by atoms with van der Waals surface area (Å²) >= 11 is 0. The van der Waals surface area contributed by atoms with Crippen molar-refractivity contribution in [1.29, 1.82) is 0 Å². The summed E-state index contributed by atoms with van der Waals surface area (Å²) in [6.45, 7) is 2.35. The Hall–Kier alpha value is -1.34. The van der Waals surface area contributed by atoms with Crippen LogP contribution in [0, 0.1) is 5.82 Å². The molecule has 19 heavy (non-hydrogen) atoms. The second kappa shape index (κ2) is 6.21. The van der Waals surface area contributed by atoms with Gasteiger partial charge in [-0.15, -0.1) is 0 Å².